The number of nitrogens with zero attached hydrogens (tertiary/aromatic N) is 2. The summed E-state index contributed by atoms with van der Waals surface area (Å²) in [6, 6.07) is 4.39. The highest BCUT2D eigenvalue weighted by atomic mass is 79.9. The normalized spacial score (nSPS) is 19.9. The van der Waals surface area contributed by atoms with E-state index in [2.05, 4.69) is 37.9 Å². The molecule has 3 rings (SSSR count). The van der Waals surface area contributed by atoms with Crippen molar-refractivity contribution in [1.29, 1.82) is 0 Å². The summed E-state index contributed by atoms with van der Waals surface area (Å²) in [4.78, 5) is 4.95. The van der Waals surface area contributed by atoms with Gasteiger partial charge in [-0.05, 0) is 17.7 Å². The van der Waals surface area contributed by atoms with Gasteiger partial charge in [0.1, 0.15) is 5.75 Å². The molecule has 1 fully saturated rings. The lowest BCUT2D eigenvalue weighted by Gasteiger charge is -2.34. The van der Waals surface area contributed by atoms with Gasteiger partial charge in [-0.2, -0.15) is 0 Å². The van der Waals surface area contributed by atoms with Crippen LogP contribution in [-0.4, -0.2) is 55.7 Å². The van der Waals surface area contributed by atoms with E-state index in [1.54, 1.807) is 0 Å². The quantitative estimate of drug-likeness (QED) is 0.901. The molecule has 1 aromatic rings. The van der Waals surface area contributed by atoms with Gasteiger partial charge in [0.05, 0.1) is 6.61 Å². The molecule has 4 nitrogen and oxygen atoms in total. The molecule has 5 heteroatoms. The van der Waals surface area contributed by atoms with E-state index in [-0.39, 0.29) is 0 Å². The summed E-state index contributed by atoms with van der Waals surface area (Å²) in [5.41, 5.74) is 8.28. The fraction of sp³-hybridized carbons (Fsp3) is 0.600. The highest BCUT2D eigenvalue weighted by Gasteiger charge is 2.21. The van der Waals surface area contributed by atoms with Crippen LogP contribution in [-0.2, 0) is 13.0 Å². The molecule has 0 spiro atoms. The fourth-order valence-electron chi connectivity index (χ4n) is 3.06. The van der Waals surface area contributed by atoms with Crippen molar-refractivity contribution in [3.8, 4) is 5.75 Å². The van der Waals surface area contributed by atoms with E-state index < -0.39 is 0 Å². The Morgan fingerprint density at radius 1 is 1.15 bits per heavy atom. The van der Waals surface area contributed by atoms with Gasteiger partial charge in [-0.1, -0.05) is 15.9 Å². The van der Waals surface area contributed by atoms with Gasteiger partial charge in [0, 0.05) is 62.3 Å². The second-order valence-corrected chi connectivity index (χ2v) is 6.47. The van der Waals surface area contributed by atoms with Crippen LogP contribution in [0.3, 0.4) is 0 Å². The zero-order valence-electron chi connectivity index (χ0n) is 11.8. The maximum atomic E-state index is 5.81. The second-order valence-electron chi connectivity index (χ2n) is 5.56. The van der Waals surface area contributed by atoms with Gasteiger partial charge in [-0.25, -0.2) is 0 Å². The zero-order chi connectivity index (χ0) is 13.9. The molecule has 2 aliphatic heterocycles. The molecule has 0 amide bonds. The van der Waals surface area contributed by atoms with Gasteiger partial charge < -0.3 is 10.5 Å². The van der Waals surface area contributed by atoms with Crippen LogP contribution < -0.4 is 10.5 Å². The summed E-state index contributed by atoms with van der Waals surface area (Å²) in [6.45, 7) is 8.04. The lowest BCUT2D eigenvalue weighted by atomic mass is 10.1. The van der Waals surface area contributed by atoms with Crippen LogP contribution in [0.2, 0.25) is 0 Å². The Balaban J connectivity index is 1.64. The van der Waals surface area contributed by atoms with Crippen LogP contribution in [0.15, 0.2) is 16.6 Å². The Hall–Kier alpha value is -0.620. The highest BCUT2D eigenvalue weighted by Crippen LogP contribution is 2.33. The van der Waals surface area contributed by atoms with Gasteiger partial charge >= 0.3 is 0 Å². The minimum Gasteiger partial charge on any atom is -0.493 e. The molecule has 2 N–H and O–H groups in total. The first-order valence-electron chi connectivity index (χ1n) is 7.35. The highest BCUT2D eigenvalue weighted by molar-refractivity contribution is 9.10. The molecular formula is C15H22BrN3O. The summed E-state index contributed by atoms with van der Waals surface area (Å²) in [5, 5.41) is 0. The summed E-state index contributed by atoms with van der Waals surface area (Å²) in [7, 11) is 0. The first-order valence-corrected chi connectivity index (χ1v) is 8.14. The Labute approximate surface area is 129 Å². The number of ether oxygens (including phenoxy) is 1. The lowest BCUT2D eigenvalue weighted by molar-refractivity contribution is 0.129. The average molecular weight is 340 g/mol. The molecular weight excluding hydrogens is 318 g/mol. The number of hydrogen-bond donors (Lipinski definition) is 1. The Bertz CT molecular complexity index is 472. The standard InChI is InChI=1S/C15H22BrN3O/c16-14-9-12-1-8-20-15(12)13(10-14)11-19-6-4-18(3-2-17)5-7-19/h9-10H,1-8,11,17H2. The third-order valence-corrected chi connectivity index (χ3v) is 4.59. The van der Waals surface area contributed by atoms with E-state index in [0.717, 1.165) is 64.6 Å². The number of piperazine rings is 1. The Morgan fingerprint density at radius 2 is 1.90 bits per heavy atom. The van der Waals surface area contributed by atoms with E-state index in [1.165, 1.54) is 15.6 Å². The third kappa shape index (κ3) is 3.17. The minimum absolute atomic E-state index is 0.757. The number of halogens is 1. The minimum atomic E-state index is 0.757. The molecule has 20 heavy (non-hydrogen) atoms. The molecule has 0 aromatic heterocycles. The number of rotatable bonds is 4. The van der Waals surface area contributed by atoms with E-state index in [0.29, 0.717) is 0 Å². The molecule has 2 heterocycles. The molecule has 0 bridgehead atoms. The molecule has 0 aliphatic carbocycles. The van der Waals surface area contributed by atoms with E-state index >= 15 is 0 Å². The van der Waals surface area contributed by atoms with Gasteiger partial charge in [0.2, 0.25) is 0 Å². The first-order chi connectivity index (χ1) is 9.76. The smallest absolute Gasteiger partial charge is 0.127 e. The fourth-order valence-corrected chi connectivity index (χ4v) is 3.61. The van der Waals surface area contributed by atoms with Crippen molar-refractivity contribution in [3.63, 3.8) is 0 Å². The van der Waals surface area contributed by atoms with Gasteiger partial charge in [-0.15, -0.1) is 0 Å². The van der Waals surface area contributed by atoms with Crippen LogP contribution in [0.4, 0.5) is 0 Å². The average Bonchev–Trinajstić information content (AvgIpc) is 2.89. The van der Waals surface area contributed by atoms with E-state index in [1.807, 2.05) is 0 Å². The van der Waals surface area contributed by atoms with Crippen LogP contribution in [0, 0.1) is 0 Å². The number of benzene rings is 1. The van der Waals surface area contributed by atoms with Crippen molar-refractivity contribution in [1.82, 2.24) is 9.80 Å². The van der Waals surface area contributed by atoms with Crippen molar-refractivity contribution >= 4 is 15.9 Å². The van der Waals surface area contributed by atoms with Crippen molar-refractivity contribution in [3.05, 3.63) is 27.7 Å². The number of nitrogens with two attached hydrogens (primary N) is 1. The lowest BCUT2D eigenvalue weighted by Crippen LogP contribution is -2.47. The van der Waals surface area contributed by atoms with Crippen LogP contribution in [0.5, 0.6) is 5.75 Å². The predicted molar refractivity (Wildman–Crippen MR) is 84.1 cm³/mol. The maximum absolute atomic E-state index is 5.81. The third-order valence-electron chi connectivity index (χ3n) is 4.13. The monoisotopic (exact) mass is 339 g/mol. The summed E-state index contributed by atoms with van der Waals surface area (Å²) >= 11 is 3.61. The largest absolute Gasteiger partial charge is 0.493 e. The van der Waals surface area contributed by atoms with Crippen LogP contribution in [0.1, 0.15) is 11.1 Å². The molecule has 0 unspecified atom stereocenters. The molecule has 2 aliphatic rings. The molecule has 0 atom stereocenters. The summed E-state index contributed by atoms with van der Waals surface area (Å²) in [5.74, 6) is 1.12. The number of fused-ring (bicyclic) bond motifs is 1. The molecule has 1 saturated heterocycles. The maximum Gasteiger partial charge on any atom is 0.127 e. The molecule has 0 radical (unpaired) electrons. The van der Waals surface area contributed by atoms with E-state index in [4.69, 9.17) is 10.5 Å². The van der Waals surface area contributed by atoms with Gasteiger partial charge in [0.15, 0.2) is 0 Å². The number of hydrogen-bond acceptors (Lipinski definition) is 4. The molecule has 1 aromatic carbocycles. The molecule has 110 valence electrons. The van der Waals surface area contributed by atoms with E-state index in [9.17, 15) is 0 Å². The molecule has 0 saturated carbocycles. The summed E-state index contributed by atoms with van der Waals surface area (Å²) in [6.07, 6.45) is 1.03. The van der Waals surface area contributed by atoms with Crippen LogP contribution in [0.25, 0.3) is 0 Å². The second kappa shape index (κ2) is 6.43. The van der Waals surface area contributed by atoms with Gasteiger partial charge in [-0.3, -0.25) is 9.80 Å². The van der Waals surface area contributed by atoms with Crippen molar-refractivity contribution in [2.45, 2.75) is 13.0 Å². The summed E-state index contributed by atoms with van der Waals surface area (Å²) < 4.78 is 6.98. The Morgan fingerprint density at radius 3 is 2.65 bits per heavy atom. The first kappa shape index (κ1) is 14.3. The van der Waals surface area contributed by atoms with Crippen molar-refractivity contribution in [2.24, 2.45) is 5.73 Å². The predicted octanol–water partition coefficient (Wildman–Crippen LogP) is 1.46. The Kier molecular flexibility index (Phi) is 4.61. The van der Waals surface area contributed by atoms with Crippen LogP contribution >= 0.6 is 15.9 Å². The zero-order valence-corrected chi connectivity index (χ0v) is 13.4. The van der Waals surface area contributed by atoms with Crippen molar-refractivity contribution < 1.29 is 4.74 Å². The topological polar surface area (TPSA) is 41.7 Å². The van der Waals surface area contributed by atoms with Gasteiger partial charge in [0.25, 0.3) is 0 Å². The SMILES string of the molecule is NCCN1CCN(Cc2cc(Br)cc3c2OCC3)CC1. The van der Waals surface area contributed by atoms with Crippen molar-refractivity contribution in [2.75, 3.05) is 45.9 Å².